The van der Waals surface area contributed by atoms with Crippen LogP contribution in [0.5, 0.6) is 0 Å². The average molecular weight is 407 g/mol. The van der Waals surface area contributed by atoms with Crippen molar-refractivity contribution in [3.05, 3.63) is 16.1 Å². The number of nitrogens with one attached hydrogen (secondary N) is 2. The lowest BCUT2D eigenvalue weighted by Gasteiger charge is -2.36. The maximum Gasteiger partial charge on any atom is 0.234 e. The van der Waals surface area contributed by atoms with E-state index in [0.717, 1.165) is 62.2 Å². The minimum Gasteiger partial charge on any atom is -0.357 e. The van der Waals surface area contributed by atoms with Crippen LogP contribution in [0.25, 0.3) is 0 Å². The van der Waals surface area contributed by atoms with Crippen molar-refractivity contribution in [1.82, 2.24) is 25.4 Å². The third-order valence-corrected chi connectivity index (χ3v) is 5.83. The normalized spacial score (nSPS) is 19.0. The first-order valence-electron chi connectivity index (χ1n) is 10.3. The molecule has 28 heavy (non-hydrogen) atoms. The summed E-state index contributed by atoms with van der Waals surface area (Å²) in [7, 11) is 0. The first kappa shape index (κ1) is 21.0. The van der Waals surface area contributed by atoms with E-state index in [4.69, 9.17) is 9.98 Å². The molecule has 1 aliphatic carbocycles. The molecule has 0 aromatic carbocycles. The fourth-order valence-electron chi connectivity index (χ4n) is 3.12. The summed E-state index contributed by atoms with van der Waals surface area (Å²) in [6.07, 6.45) is 2.27. The number of carbonyl (C=O) groups is 1. The zero-order valence-electron chi connectivity index (χ0n) is 17.6. The summed E-state index contributed by atoms with van der Waals surface area (Å²) < 4.78 is 0. The third kappa shape index (κ3) is 6.17. The van der Waals surface area contributed by atoms with Gasteiger partial charge >= 0.3 is 0 Å². The molecule has 0 unspecified atom stereocenters. The van der Waals surface area contributed by atoms with Crippen LogP contribution in [0, 0.1) is 0 Å². The molecule has 2 N–H and O–H groups in total. The van der Waals surface area contributed by atoms with Gasteiger partial charge in [-0.05, 0) is 19.8 Å². The lowest BCUT2D eigenvalue weighted by atomic mass is 9.93. The molecule has 2 fully saturated rings. The van der Waals surface area contributed by atoms with Crippen LogP contribution >= 0.6 is 11.3 Å². The minimum atomic E-state index is 0.0745. The van der Waals surface area contributed by atoms with E-state index < -0.39 is 0 Å². The summed E-state index contributed by atoms with van der Waals surface area (Å²) in [5, 5.41) is 9.67. The monoisotopic (exact) mass is 406 g/mol. The Morgan fingerprint density at radius 1 is 1.29 bits per heavy atom. The summed E-state index contributed by atoms with van der Waals surface area (Å²) in [6, 6.07) is 0.436. The molecule has 0 bridgehead atoms. The predicted molar refractivity (Wildman–Crippen MR) is 115 cm³/mol. The van der Waals surface area contributed by atoms with Gasteiger partial charge in [0.25, 0.3) is 0 Å². The first-order valence-corrected chi connectivity index (χ1v) is 11.2. The van der Waals surface area contributed by atoms with Gasteiger partial charge in [-0.1, -0.05) is 20.8 Å². The van der Waals surface area contributed by atoms with Crippen molar-refractivity contribution >= 4 is 23.2 Å². The largest absolute Gasteiger partial charge is 0.357 e. The summed E-state index contributed by atoms with van der Waals surface area (Å²) in [4.78, 5) is 26.1. The van der Waals surface area contributed by atoms with Gasteiger partial charge in [0.15, 0.2) is 5.96 Å². The minimum absolute atomic E-state index is 0.0745. The number of hydrogen-bond acceptors (Lipinski definition) is 5. The molecule has 8 heteroatoms. The molecule has 7 nitrogen and oxygen atoms in total. The summed E-state index contributed by atoms with van der Waals surface area (Å²) >= 11 is 1.68. The molecule has 1 saturated carbocycles. The van der Waals surface area contributed by atoms with Crippen LogP contribution in [0.2, 0.25) is 0 Å². The first-order chi connectivity index (χ1) is 13.3. The Bertz CT molecular complexity index is 683. The second-order valence-corrected chi connectivity index (χ2v) is 9.59. The number of hydrogen-bond donors (Lipinski definition) is 2. The van der Waals surface area contributed by atoms with Crippen LogP contribution in [0.4, 0.5) is 0 Å². The highest BCUT2D eigenvalue weighted by atomic mass is 32.1. The van der Waals surface area contributed by atoms with Crippen molar-refractivity contribution in [2.24, 2.45) is 4.99 Å². The van der Waals surface area contributed by atoms with Crippen molar-refractivity contribution in [1.29, 1.82) is 0 Å². The van der Waals surface area contributed by atoms with E-state index in [1.165, 1.54) is 0 Å². The van der Waals surface area contributed by atoms with Crippen LogP contribution in [0.1, 0.15) is 51.2 Å². The number of aromatic nitrogens is 1. The molecule has 1 aliphatic heterocycles. The zero-order chi connectivity index (χ0) is 20.1. The number of amides is 1. The molecule has 1 aromatic heterocycles. The molecule has 3 rings (SSSR count). The summed E-state index contributed by atoms with van der Waals surface area (Å²) in [5.41, 5.74) is 1.20. The number of nitrogens with zero attached hydrogens (tertiary/aromatic N) is 4. The molecule has 156 valence electrons. The molecule has 1 saturated heterocycles. The van der Waals surface area contributed by atoms with Crippen molar-refractivity contribution in [3.8, 4) is 0 Å². The standard InChI is InChI=1S/C20H34N6OS/c1-5-21-19(22-12-18-24-16(14-28-18)20(2,3)4)26-10-8-25(9-11-26)13-17(27)23-15-6-7-15/h14-15H,5-13H2,1-4H3,(H,21,22)(H,23,27). The van der Waals surface area contributed by atoms with E-state index in [9.17, 15) is 4.79 Å². The fourth-order valence-corrected chi connectivity index (χ4v) is 4.06. The molecule has 2 aliphatic rings. The number of carbonyl (C=O) groups excluding carboxylic acids is 1. The lowest BCUT2D eigenvalue weighted by Crippen LogP contribution is -2.54. The molecule has 1 amide bonds. The Labute approximate surface area is 172 Å². The van der Waals surface area contributed by atoms with E-state index >= 15 is 0 Å². The maximum absolute atomic E-state index is 12.0. The van der Waals surface area contributed by atoms with Gasteiger partial charge in [-0.3, -0.25) is 9.69 Å². The van der Waals surface area contributed by atoms with Crippen molar-refractivity contribution in [2.75, 3.05) is 39.3 Å². The van der Waals surface area contributed by atoms with Crippen LogP contribution < -0.4 is 10.6 Å². The average Bonchev–Trinajstić information content (AvgIpc) is 3.31. The van der Waals surface area contributed by atoms with Crippen LogP contribution in [-0.2, 0) is 16.8 Å². The van der Waals surface area contributed by atoms with Gasteiger partial charge in [-0.15, -0.1) is 11.3 Å². The highest BCUT2D eigenvalue weighted by molar-refractivity contribution is 7.09. The smallest absolute Gasteiger partial charge is 0.234 e. The highest BCUT2D eigenvalue weighted by Crippen LogP contribution is 2.24. The van der Waals surface area contributed by atoms with Crippen molar-refractivity contribution in [2.45, 2.75) is 58.5 Å². The summed E-state index contributed by atoms with van der Waals surface area (Å²) in [6.45, 7) is 14.1. The van der Waals surface area contributed by atoms with Gasteiger partial charge in [0.1, 0.15) is 5.01 Å². The highest BCUT2D eigenvalue weighted by Gasteiger charge is 2.26. The fraction of sp³-hybridized carbons (Fsp3) is 0.750. The molecule has 0 radical (unpaired) electrons. The number of piperazine rings is 1. The third-order valence-electron chi connectivity index (χ3n) is 5.00. The molecule has 0 atom stereocenters. The van der Waals surface area contributed by atoms with Crippen LogP contribution in [0.3, 0.4) is 0 Å². The second-order valence-electron chi connectivity index (χ2n) is 8.65. The molecular weight excluding hydrogens is 372 g/mol. The van der Waals surface area contributed by atoms with Crippen molar-refractivity contribution < 1.29 is 4.79 Å². The Morgan fingerprint density at radius 2 is 2.00 bits per heavy atom. The quantitative estimate of drug-likeness (QED) is 0.557. The van der Waals surface area contributed by atoms with Gasteiger partial charge in [0.05, 0.1) is 18.8 Å². The van der Waals surface area contributed by atoms with Gasteiger partial charge in [0, 0.05) is 49.6 Å². The molecular formula is C20H34N6OS. The van der Waals surface area contributed by atoms with E-state index in [-0.39, 0.29) is 11.3 Å². The molecule has 2 heterocycles. The second kappa shape index (κ2) is 9.22. The zero-order valence-corrected chi connectivity index (χ0v) is 18.4. The maximum atomic E-state index is 12.0. The Hall–Kier alpha value is -1.67. The predicted octanol–water partition coefficient (Wildman–Crippen LogP) is 1.80. The Balaban J connectivity index is 1.51. The Morgan fingerprint density at radius 3 is 2.57 bits per heavy atom. The van der Waals surface area contributed by atoms with E-state index in [2.05, 4.69) is 53.5 Å². The van der Waals surface area contributed by atoms with Crippen LogP contribution in [0.15, 0.2) is 10.4 Å². The molecule has 0 spiro atoms. The topological polar surface area (TPSA) is 72.9 Å². The number of rotatable bonds is 6. The van der Waals surface area contributed by atoms with Gasteiger partial charge in [-0.25, -0.2) is 9.98 Å². The van der Waals surface area contributed by atoms with E-state index in [0.29, 0.717) is 19.1 Å². The van der Waals surface area contributed by atoms with Gasteiger partial charge in [-0.2, -0.15) is 0 Å². The Kier molecular flexibility index (Phi) is 6.93. The van der Waals surface area contributed by atoms with Gasteiger partial charge in [0.2, 0.25) is 5.91 Å². The molecule has 1 aromatic rings. The number of aliphatic imine (C=N–C) groups is 1. The SMILES string of the molecule is CCNC(=NCc1nc(C(C)(C)C)cs1)N1CCN(CC(=O)NC2CC2)CC1. The number of guanidine groups is 1. The lowest BCUT2D eigenvalue weighted by molar-refractivity contribution is -0.122. The van der Waals surface area contributed by atoms with E-state index in [1.54, 1.807) is 11.3 Å². The van der Waals surface area contributed by atoms with Gasteiger partial charge < -0.3 is 15.5 Å². The number of thiazole rings is 1. The van der Waals surface area contributed by atoms with Crippen LogP contribution in [-0.4, -0.2) is 72.0 Å². The van der Waals surface area contributed by atoms with Crippen molar-refractivity contribution in [3.63, 3.8) is 0 Å². The van der Waals surface area contributed by atoms with E-state index in [1.807, 2.05) is 0 Å². The summed E-state index contributed by atoms with van der Waals surface area (Å²) in [5.74, 6) is 1.10.